The summed E-state index contributed by atoms with van der Waals surface area (Å²) in [5.74, 6) is -1.14. The fraction of sp³-hybridized carbons (Fsp3) is 0.222. The highest BCUT2D eigenvalue weighted by Gasteiger charge is 2.23. The molecule has 1 aromatic rings. The smallest absolute Gasteiger partial charge is 0.339 e. The highest BCUT2D eigenvalue weighted by atomic mass is 35.7. The molecular weight excluding hydrogens is 270 g/mol. The predicted octanol–water partition coefficient (Wildman–Crippen LogP) is 1.12. The molecule has 1 heterocycles. The lowest BCUT2D eigenvalue weighted by atomic mass is 10.1. The minimum atomic E-state index is -3.98. The van der Waals surface area contributed by atoms with Gasteiger partial charge in [0.2, 0.25) is 0 Å². The van der Waals surface area contributed by atoms with Gasteiger partial charge in [-0.15, -0.1) is 0 Å². The summed E-state index contributed by atoms with van der Waals surface area (Å²) >= 11 is 0. The van der Waals surface area contributed by atoms with Crippen molar-refractivity contribution in [1.82, 2.24) is 0 Å². The standard InChI is InChI=1S/C9H8ClNO5S/c10-17(14,15)5-3-6(9(12)13)8-7(4-5)11-1-2-16-8/h3-4,11H,1-2H2,(H,12,13). The van der Waals surface area contributed by atoms with Gasteiger partial charge in [-0.05, 0) is 12.1 Å². The highest BCUT2D eigenvalue weighted by Crippen LogP contribution is 2.35. The number of carbonyl (C=O) groups is 1. The Morgan fingerprint density at radius 2 is 2.18 bits per heavy atom. The largest absolute Gasteiger partial charge is 0.489 e. The number of fused-ring (bicyclic) bond motifs is 1. The van der Waals surface area contributed by atoms with Crippen LogP contribution in [0.2, 0.25) is 0 Å². The van der Waals surface area contributed by atoms with Crippen molar-refractivity contribution in [2.24, 2.45) is 0 Å². The molecule has 2 N–H and O–H groups in total. The fourth-order valence-electron chi connectivity index (χ4n) is 1.53. The lowest BCUT2D eigenvalue weighted by Gasteiger charge is -2.21. The number of benzene rings is 1. The maximum atomic E-state index is 11.2. The van der Waals surface area contributed by atoms with Crippen LogP contribution in [0.3, 0.4) is 0 Å². The van der Waals surface area contributed by atoms with Crippen molar-refractivity contribution in [2.75, 3.05) is 18.5 Å². The first kappa shape index (κ1) is 12.0. The quantitative estimate of drug-likeness (QED) is 0.787. The molecule has 0 saturated carbocycles. The van der Waals surface area contributed by atoms with Gasteiger partial charge in [-0.2, -0.15) is 0 Å². The predicted molar refractivity (Wildman–Crippen MR) is 60.4 cm³/mol. The number of carboxylic acid groups (broad SMARTS) is 1. The molecule has 2 rings (SSSR count). The van der Waals surface area contributed by atoms with Gasteiger partial charge in [0, 0.05) is 17.2 Å². The Labute approximate surface area is 102 Å². The molecular formula is C9H8ClNO5S. The summed E-state index contributed by atoms with van der Waals surface area (Å²) in [5, 5.41) is 11.8. The van der Waals surface area contributed by atoms with E-state index in [1.165, 1.54) is 6.07 Å². The van der Waals surface area contributed by atoms with Gasteiger partial charge in [-0.1, -0.05) is 0 Å². The van der Waals surface area contributed by atoms with Crippen molar-refractivity contribution >= 4 is 31.4 Å². The van der Waals surface area contributed by atoms with Crippen molar-refractivity contribution in [2.45, 2.75) is 4.90 Å². The molecule has 0 saturated heterocycles. The SMILES string of the molecule is O=C(O)c1cc(S(=O)(=O)Cl)cc2c1OCCN2. The van der Waals surface area contributed by atoms with Crippen LogP contribution < -0.4 is 10.1 Å². The van der Waals surface area contributed by atoms with Crippen molar-refractivity contribution in [3.05, 3.63) is 17.7 Å². The topological polar surface area (TPSA) is 92.7 Å². The third-order valence-corrected chi connectivity index (χ3v) is 3.57. The van der Waals surface area contributed by atoms with Crippen LogP contribution in [0.5, 0.6) is 5.75 Å². The van der Waals surface area contributed by atoms with Crippen LogP contribution in [-0.4, -0.2) is 32.6 Å². The second kappa shape index (κ2) is 4.08. The van der Waals surface area contributed by atoms with E-state index in [1.54, 1.807) is 0 Å². The zero-order valence-electron chi connectivity index (χ0n) is 8.44. The normalized spacial score (nSPS) is 14.4. The molecule has 0 aromatic heterocycles. The lowest BCUT2D eigenvalue weighted by Crippen LogP contribution is -2.20. The summed E-state index contributed by atoms with van der Waals surface area (Å²) < 4.78 is 27.6. The van der Waals surface area contributed by atoms with Gasteiger partial charge in [-0.25, -0.2) is 13.2 Å². The second-order valence-electron chi connectivity index (χ2n) is 3.37. The van der Waals surface area contributed by atoms with Crippen LogP contribution in [0.15, 0.2) is 17.0 Å². The summed E-state index contributed by atoms with van der Waals surface area (Å²) in [6.45, 7) is 0.790. The molecule has 17 heavy (non-hydrogen) atoms. The number of ether oxygens (including phenoxy) is 1. The van der Waals surface area contributed by atoms with Crippen LogP contribution in [-0.2, 0) is 9.05 Å². The summed E-state index contributed by atoms with van der Waals surface area (Å²) in [6.07, 6.45) is 0. The van der Waals surface area contributed by atoms with Gasteiger partial charge in [0.1, 0.15) is 12.2 Å². The van der Waals surface area contributed by atoms with E-state index in [9.17, 15) is 13.2 Å². The van der Waals surface area contributed by atoms with Crippen molar-refractivity contribution in [3.63, 3.8) is 0 Å². The molecule has 8 heteroatoms. The zero-order chi connectivity index (χ0) is 12.6. The molecule has 1 aromatic carbocycles. The number of nitrogens with one attached hydrogen (secondary N) is 1. The molecule has 6 nitrogen and oxygen atoms in total. The Morgan fingerprint density at radius 3 is 2.76 bits per heavy atom. The summed E-state index contributed by atoms with van der Waals surface area (Å²) in [4.78, 5) is 10.7. The van der Waals surface area contributed by atoms with E-state index in [2.05, 4.69) is 5.32 Å². The maximum absolute atomic E-state index is 11.2. The Kier molecular flexibility index (Phi) is 2.88. The summed E-state index contributed by atoms with van der Waals surface area (Å²) in [7, 11) is 1.21. The molecule has 0 atom stereocenters. The van der Waals surface area contributed by atoms with E-state index in [4.69, 9.17) is 20.5 Å². The first-order valence-corrected chi connectivity index (χ1v) is 6.93. The Balaban J connectivity index is 2.69. The average Bonchev–Trinajstić information content (AvgIpc) is 2.26. The van der Waals surface area contributed by atoms with E-state index in [1.807, 2.05) is 0 Å². The van der Waals surface area contributed by atoms with Crippen molar-refractivity contribution in [3.8, 4) is 5.75 Å². The Hall–Kier alpha value is -1.47. The molecule has 0 fully saturated rings. The molecule has 0 radical (unpaired) electrons. The van der Waals surface area contributed by atoms with Gasteiger partial charge in [0.05, 0.1) is 10.6 Å². The summed E-state index contributed by atoms with van der Waals surface area (Å²) in [6, 6.07) is 2.24. The fourth-order valence-corrected chi connectivity index (χ4v) is 2.31. The molecule has 1 aliphatic rings. The third-order valence-electron chi connectivity index (χ3n) is 2.24. The third kappa shape index (κ3) is 2.29. The minimum Gasteiger partial charge on any atom is -0.489 e. The van der Waals surface area contributed by atoms with Gasteiger partial charge < -0.3 is 15.2 Å². The van der Waals surface area contributed by atoms with Crippen LogP contribution >= 0.6 is 10.7 Å². The van der Waals surface area contributed by atoms with Gasteiger partial charge >= 0.3 is 5.97 Å². The Bertz CT molecular complexity index is 583. The molecule has 1 aliphatic heterocycles. The molecule has 0 bridgehead atoms. The van der Waals surface area contributed by atoms with Crippen LogP contribution in [0.1, 0.15) is 10.4 Å². The average molecular weight is 278 g/mol. The van der Waals surface area contributed by atoms with Gasteiger partial charge in [0.15, 0.2) is 5.75 Å². The van der Waals surface area contributed by atoms with Crippen molar-refractivity contribution in [1.29, 1.82) is 0 Å². The maximum Gasteiger partial charge on any atom is 0.339 e. The molecule has 0 amide bonds. The number of anilines is 1. The minimum absolute atomic E-state index is 0.132. The van der Waals surface area contributed by atoms with Gasteiger partial charge in [-0.3, -0.25) is 0 Å². The number of hydrogen-bond donors (Lipinski definition) is 2. The number of hydrogen-bond acceptors (Lipinski definition) is 5. The number of halogens is 1. The van der Waals surface area contributed by atoms with E-state index < -0.39 is 15.0 Å². The van der Waals surface area contributed by atoms with Crippen LogP contribution in [0.25, 0.3) is 0 Å². The van der Waals surface area contributed by atoms with E-state index in [-0.39, 0.29) is 16.2 Å². The highest BCUT2D eigenvalue weighted by molar-refractivity contribution is 8.13. The van der Waals surface area contributed by atoms with Gasteiger partial charge in [0.25, 0.3) is 9.05 Å². The lowest BCUT2D eigenvalue weighted by molar-refractivity contribution is 0.0692. The summed E-state index contributed by atoms with van der Waals surface area (Å²) in [5.41, 5.74) is 0.0873. The first-order valence-electron chi connectivity index (χ1n) is 4.62. The monoisotopic (exact) mass is 277 g/mol. The first-order chi connectivity index (χ1) is 7.89. The molecule has 92 valence electrons. The zero-order valence-corrected chi connectivity index (χ0v) is 10.0. The van der Waals surface area contributed by atoms with E-state index in [0.717, 1.165) is 6.07 Å². The molecule has 0 aliphatic carbocycles. The number of carboxylic acids is 1. The number of rotatable bonds is 2. The van der Waals surface area contributed by atoms with Crippen LogP contribution in [0.4, 0.5) is 5.69 Å². The Morgan fingerprint density at radius 1 is 1.47 bits per heavy atom. The number of aromatic carboxylic acids is 1. The molecule has 0 unspecified atom stereocenters. The van der Waals surface area contributed by atoms with E-state index in [0.29, 0.717) is 18.8 Å². The second-order valence-corrected chi connectivity index (χ2v) is 5.93. The van der Waals surface area contributed by atoms with E-state index >= 15 is 0 Å². The van der Waals surface area contributed by atoms with Crippen molar-refractivity contribution < 1.29 is 23.1 Å². The van der Waals surface area contributed by atoms with Crippen LogP contribution in [0, 0.1) is 0 Å². The molecule has 0 spiro atoms.